The van der Waals surface area contributed by atoms with E-state index in [-0.39, 0.29) is 11.7 Å². The molecule has 7 heteroatoms. The van der Waals surface area contributed by atoms with Crippen molar-refractivity contribution < 1.29 is 0 Å². The van der Waals surface area contributed by atoms with Crippen LogP contribution in [0.15, 0.2) is 27.4 Å². The number of aromatic amines is 1. The normalized spacial score (nSPS) is 10.5. The molecule has 0 saturated carbocycles. The molecule has 2 heterocycles. The minimum Gasteiger partial charge on any atom is -0.298 e. The molecule has 0 aliphatic heterocycles. The number of nitrogens with zero attached hydrogens (tertiary/aromatic N) is 2. The maximum atomic E-state index is 11.4. The van der Waals surface area contributed by atoms with Gasteiger partial charge in [-0.25, -0.2) is 4.79 Å². The van der Waals surface area contributed by atoms with Crippen LogP contribution < -0.4 is 11.2 Å². The lowest BCUT2D eigenvalue weighted by molar-refractivity contribution is 0.706. The van der Waals surface area contributed by atoms with Crippen LogP contribution in [0.4, 0.5) is 0 Å². The summed E-state index contributed by atoms with van der Waals surface area (Å²) in [7, 11) is 0. The van der Waals surface area contributed by atoms with Gasteiger partial charge in [0.1, 0.15) is 5.15 Å². The molecule has 0 radical (unpaired) electrons. The SMILES string of the molecule is O=c1cc(Cl)[nH]c(=O)n1Cc1cncs1. The Morgan fingerprint density at radius 1 is 1.53 bits per heavy atom. The Hall–Kier alpha value is -1.40. The molecule has 5 nitrogen and oxygen atoms in total. The van der Waals surface area contributed by atoms with Crippen molar-refractivity contribution >= 4 is 22.9 Å². The van der Waals surface area contributed by atoms with E-state index in [1.807, 2.05) is 0 Å². The van der Waals surface area contributed by atoms with Gasteiger partial charge in [0.15, 0.2) is 0 Å². The van der Waals surface area contributed by atoms with Crippen LogP contribution in [0.25, 0.3) is 0 Å². The number of thiazole rings is 1. The smallest absolute Gasteiger partial charge is 0.298 e. The number of hydrogen-bond donors (Lipinski definition) is 1. The number of rotatable bonds is 2. The lowest BCUT2D eigenvalue weighted by atomic mass is 10.5. The summed E-state index contributed by atoms with van der Waals surface area (Å²) < 4.78 is 1.07. The Kier molecular flexibility index (Phi) is 2.70. The van der Waals surface area contributed by atoms with E-state index in [2.05, 4.69) is 9.97 Å². The Labute approximate surface area is 93.0 Å². The summed E-state index contributed by atoms with van der Waals surface area (Å²) in [5, 5.41) is 0.0468. The summed E-state index contributed by atoms with van der Waals surface area (Å²) in [5.41, 5.74) is 0.711. The molecule has 78 valence electrons. The molecule has 0 spiro atoms. The minimum atomic E-state index is -0.513. The van der Waals surface area contributed by atoms with E-state index >= 15 is 0 Å². The lowest BCUT2D eigenvalue weighted by Crippen LogP contribution is -2.34. The fourth-order valence-electron chi connectivity index (χ4n) is 1.12. The first-order valence-electron chi connectivity index (χ1n) is 4.04. The Morgan fingerprint density at radius 2 is 2.33 bits per heavy atom. The third-order valence-corrected chi connectivity index (χ3v) is 2.75. The molecule has 0 fully saturated rings. The molecule has 0 amide bonds. The van der Waals surface area contributed by atoms with Gasteiger partial charge in [0, 0.05) is 17.1 Å². The highest BCUT2D eigenvalue weighted by Crippen LogP contribution is 2.05. The Morgan fingerprint density at radius 3 is 2.93 bits per heavy atom. The third kappa shape index (κ3) is 2.16. The predicted octanol–water partition coefficient (Wildman–Crippen LogP) is 0.695. The molecule has 0 bridgehead atoms. The van der Waals surface area contributed by atoms with Crippen molar-refractivity contribution in [1.82, 2.24) is 14.5 Å². The number of nitrogens with one attached hydrogen (secondary N) is 1. The Balaban J connectivity index is 2.46. The monoisotopic (exact) mass is 243 g/mol. The molecule has 15 heavy (non-hydrogen) atoms. The standard InChI is InChI=1S/C8H6ClN3O2S/c9-6-1-7(13)12(8(14)11-6)3-5-2-10-4-15-5/h1-2,4H,3H2,(H,11,14). The first kappa shape index (κ1) is 10.1. The van der Waals surface area contributed by atoms with Gasteiger partial charge >= 0.3 is 5.69 Å². The van der Waals surface area contributed by atoms with Crippen LogP contribution in [-0.4, -0.2) is 14.5 Å². The summed E-state index contributed by atoms with van der Waals surface area (Å²) >= 11 is 6.91. The van der Waals surface area contributed by atoms with Gasteiger partial charge in [-0.05, 0) is 0 Å². The van der Waals surface area contributed by atoms with E-state index in [0.29, 0.717) is 0 Å². The molecule has 2 aromatic heterocycles. The second kappa shape index (κ2) is 4.00. The second-order valence-corrected chi connectivity index (χ2v) is 4.19. The van der Waals surface area contributed by atoms with Crippen LogP contribution in [0.2, 0.25) is 5.15 Å². The van der Waals surface area contributed by atoms with E-state index in [0.717, 1.165) is 9.44 Å². The molecule has 0 unspecified atom stereocenters. The molecule has 0 atom stereocenters. The summed E-state index contributed by atoms with van der Waals surface area (Å²) in [5.74, 6) is 0. The van der Waals surface area contributed by atoms with Crippen molar-refractivity contribution in [1.29, 1.82) is 0 Å². The predicted molar refractivity (Wildman–Crippen MR) is 57.5 cm³/mol. The summed E-state index contributed by atoms with van der Waals surface area (Å²) in [6.45, 7) is 0.218. The first-order chi connectivity index (χ1) is 7.16. The van der Waals surface area contributed by atoms with E-state index < -0.39 is 11.2 Å². The van der Waals surface area contributed by atoms with E-state index in [1.165, 1.54) is 17.4 Å². The van der Waals surface area contributed by atoms with Crippen LogP contribution in [0, 0.1) is 0 Å². The summed E-state index contributed by atoms with van der Waals surface area (Å²) in [6, 6.07) is 1.17. The molecule has 2 aromatic rings. The van der Waals surface area contributed by atoms with Gasteiger partial charge in [-0.3, -0.25) is 19.3 Å². The minimum absolute atomic E-state index is 0.0468. The topological polar surface area (TPSA) is 67.8 Å². The van der Waals surface area contributed by atoms with Crippen molar-refractivity contribution in [2.24, 2.45) is 0 Å². The maximum Gasteiger partial charge on any atom is 0.329 e. The zero-order chi connectivity index (χ0) is 10.8. The number of aromatic nitrogens is 3. The molecule has 0 aliphatic rings. The van der Waals surface area contributed by atoms with E-state index in [1.54, 1.807) is 11.7 Å². The number of H-pyrrole nitrogens is 1. The van der Waals surface area contributed by atoms with Gasteiger partial charge < -0.3 is 0 Å². The van der Waals surface area contributed by atoms with Crippen LogP contribution in [0.1, 0.15) is 4.88 Å². The second-order valence-electron chi connectivity index (χ2n) is 2.81. The fraction of sp³-hybridized carbons (Fsp3) is 0.125. The average Bonchev–Trinajstić information content (AvgIpc) is 2.63. The molecular formula is C8H6ClN3O2S. The number of hydrogen-bond acceptors (Lipinski definition) is 4. The van der Waals surface area contributed by atoms with Gasteiger partial charge in [-0.2, -0.15) is 0 Å². The fourth-order valence-corrected chi connectivity index (χ4v) is 1.87. The highest BCUT2D eigenvalue weighted by molar-refractivity contribution is 7.09. The first-order valence-corrected chi connectivity index (χ1v) is 5.29. The van der Waals surface area contributed by atoms with Crippen molar-refractivity contribution in [3.63, 3.8) is 0 Å². The molecule has 1 N–H and O–H groups in total. The van der Waals surface area contributed by atoms with Gasteiger partial charge in [0.25, 0.3) is 5.56 Å². The van der Waals surface area contributed by atoms with E-state index in [9.17, 15) is 9.59 Å². The lowest BCUT2D eigenvalue weighted by Gasteiger charge is -2.00. The maximum absolute atomic E-state index is 11.4. The van der Waals surface area contributed by atoms with Gasteiger partial charge in [0.2, 0.25) is 0 Å². The highest BCUT2D eigenvalue weighted by atomic mass is 35.5. The summed E-state index contributed by atoms with van der Waals surface area (Å²) in [4.78, 5) is 29.9. The van der Waals surface area contributed by atoms with Gasteiger partial charge in [-0.1, -0.05) is 11.6 Å². The van der Waals surface area contributed by atoms with E-state index in [4.69, 9.17) is 11.6 Å². The van der Waals surface area contributed by atoms with Crippen molar-refractivity contribution in [2.75, 3.05) is 0 Å². The van der Waals surface area contributed by atoms with Crippen molar-refractivity contribution in [3.05, 3.63) is 48.6 Å². The molecule has 0 aliphatic carbocycles. The third-order valence-electron chi connectivity index (χ3n) is 1.79. The van der Waals surface area contributed by atoms with Crippen molar-refractivity contribution in [2.45, 2.75) is 6.54 Å². The van der Waals surface area contributed by atoms with Crippen molar-refractivity contribution in [3.8, 4) is 0 Å². The molecule has 0 aromatic carbocycles. The quantitative estimate of drug-likeness (QED) is 0.790. The molecular weight excluding hydrogens is 238 g/mol. The average molecular weight is 244 g/mol. The zero-order valence-corrected chi connectivity index (χ0v) is 9.01. The van der Waals surface area contributed by atoms with Gasteiger partial charge in [0.05, 0.1) is 12.1 Å². The van der Waals surface area contributed by atoms with Crippen LogP contribution in [-0.2, 0) is 6.54 Å². The number of halogens is 1. The molecule has 2 rings (SSSR count). The van der Waals surface area contributed by atoms with Crippen LogP contribution in [0.3, 0.4) is 0 Å². The largest absolute Gasteiger partial charge is 0.329 e. The zero-order valence-electron chi connectivity index (χ0n) is 7.44. The van der Waals surface area contributed by atoms with Gasteiger partial charge in [-0.15, -0.1) is 11.3 Å². The van der Waals surface area contributed by atoms with Crippen LogP contribution >= 0.6 is 22.9 Å². The summed E-state index contributed by atoms with van der Waals surface area (Å²) in [6.07, 6.45) is 1.62. The molecule has 0 saturated heterocycles. The Bertz CT molecular complexity index is 541. The van der Waals surface area contributed by atoms with Crippen LogP contribution in [0.5, 0.6) is 0 Å². The highest BCUT2D eigenvalue weighted by Gasteiger charge is 2.04.